The van der Waals surface area contributed by atoms with Crippen LogP contribution >= 0.6 is 0 Å². The van der Waals surface area contributed by atoms with Crippen molar-refractivity contribution in [2.45, 2.75) is 12.6 Å². The molecule has 0 bridgehead atoms. The molecule has 190 valence electrons. The minimum absolute atomic E-state index is 0.0542. The lowest BCUT2D eigenvalue weighted by molar-refractivity contribution is -0.142. The summed E-state index contributed by atoms with van der Waals surface area (Å²) in [4.78, 5) is 20.5. The Kier molecular flexibility index (Phi) is 6.20. The Morgan fingerprint density at radius 1 is 1.05 bits per heavy atom. The zero-order valence-corrected chi connectivity index (χ0v) is 19.9. The molecular weight excluding hydrogens is 487 g/mol. The second kappa shape index (κ2) is 9.49. The Morgan fingerprint density at radius 3 is 2.49 bits per heavy atom. The smallest absolute Gasteiger partial charge is 0.433 e. The van der Waals surface area contributed by atoms with Crippen LogP contribution in [-0.2, 0) is 12.6 Å². The number of halogens is 3. The maximum atomic E-state index is 13.9. The summed E-state index contributed by atoms with van der Waals surface area (Å²) in [6, 6.07) is 13.0. The van der Waals surface area contributed by atoms with Crippen LogP contribution in [0.1, 0.15) is 21.6 Å². The van der Waals surface area contributed by atoms with E-state index in [1.165, 1.54) is 7.11 Å². The van der Waals surface area contributed by atoms with Gasteiger partial charge in [0.2, 0.25) is 0 Å². The van der Waals surface area contributed by atoms with Crippen molar-refractivity contribution in [3.05, 3.63) is 77.7 Å². The number of hydrogen-bond acceptors (Lipinski definition) is 5. The second-order valence-corrected chi connectivity index (χ2v) is 8.28. The third-order valence-corrected chi connectivity index (χ3v) is 6.05. The first-order valence-electron chi connectivity index (χ1n) is 11.3. The van der Waals surface area contributed by atoms with Crippen LogP contribution in [-0.4, -0.2) is 46.3 Å². The van der Waals surface area contributed by atoms with Gasteiger partial charge in [-0.25, -0.2) is 9.50 Å². The molecule has 0 saturated heterocycles. The fourth-order valence-electron chi connectivity index (χ4n) is 4.13. The molecule has 0 spiro atoms. The number of methoxy groups -OCH3 is 2. The maximum absolute atomic E-state index is 13.9. The van der Waals surface area contributed by atoms with Gasteiger partial charge < -0.3 is 19.8 Å². The number of amides is 1. The highest BCUT2D eigenvalue weighted by atomic mass is 19.4. The Labute approximate surface area is 209 Å². The van der Waals surface area contributed by atoms with Crippen molar-refractivity contribution in [3.63, 3.8) is 0 Å². The summed E-state index contributed by atoms with van der Waals surface area (Å²) >= 11 is 0. The summed E-state index contributed by atoms with van der Waals surface area (Å²) in [5.74, 6) is 0.696. The first kappa shape index (κ1) is 24.2. The first-order valence-corrected chi connectivity index (χ1v) is 11.3. The van der Waals surface area contributed by atoms with E-state index in [1.54, 1.807) is 31.4 Å². The van der Waals surface area contributed by atoms with Crippen LogP contribution in [0.25, 0.3) is 27.8 Å². The van der Waals surface area contributed by atoms with E-state index in [2.05, 4.69) is 20.4 Å². The predicted octanol–water partition coefficient (Wildman–Crippen LogP) is 4.89. The molecule has 0 aliphatic carbocycles. The number of H-pyrrole nitrogens is 1. The Hall–Kier alpha value is -4.54. The van der Waals surface area contributed by atoms with Gasteiger partial charge in [-0.15, -0.1) is 0 Å². The molecule has 3 heterocycles. The van der Waals surface area contributed by atoms with Crippen LogP contribution in [0, 0.1) is 0 Å². The zero-order chi connectivity index (χ0) is 26.2. The molecule has 0 fully saturated rings. The Morgan fingerprint density at radius 2 is 1.78 bits per heavy atom. The molecule has 0 atom stereocenters. The molecule has 2 N–H and O–H groups in total. The summed E-state index contributed by atoms with van der Waals surface area (Å²) in [6.45, 7) is 0.255. The van der Waals surface area contributed by atoms with Gasteiger partial charge in [-0.1, -0.05) is 0 Å². The van der Waals surface area contributed by atoms with Crippen molar-refractivity contribution < 1.29 is 27.4 Å². The SMILES string of the molecule is COc1ccc(-c2cc(C(F)(F)F)n3ncc(C(=O)NCCc4c[nH]c5ccc(OC)cc45)c3n2)cc1. The van der Waals surface area contributed by atoms with E-state index >= 15 is 0 Å². The topological polar surface area (TPSA) is 93.5 Å². The average Bonchev–Trinajstić information content (AvgIpc) is 3.51. The first-order chi connectivity index (χ1) is 17.8. The number of carbonyl (C=O) groups excluding carboxylic acids is 1. The lowest BCUT2D eigenvalue weighted by Gasteiger charge is -2.12. The van der Waals surface area contributed by atoms with Crippen molar-refractivity contribution in [1.29, 1.82) is 0 Å². The van der Waals surface area contributed by atoms with E-state index in [0.717, 1.165) is 28.7 Å². The molecule has 11 heteroatoms. The van der Waals surface area contributed by atoms with Crippen molar-refractivity contribution in [2.75, 3.05) is 20.8 Å². The summed E-state index contributed by atoms with van der Waals surface area (Å²) in [5.41, 5.74) is 1.13. The number of nitrogens with zero attached hydrogens (tertiary/aromatic N) is 3. The van der Waals surface area contributed by atoms with E-state index < -0.39 is 17.8 Å². The summed E-state index contributed by atoms with van der Waals surface area (Å²) < 4.78 is 52.6. The second-order valence-electron chi connectivity index (χ2n) is 8.28. The van der Waals surface area contributed by atoms with Gasteiger partial charge in [0.15, 0.2) is 11.3 Å². The highest BCUT2D eigenvalue weighted by molar-refractivity contribution is 6.00. The van der Waals surface area contributed by atoms with E-state index in [0.29, 0.717) is 28.0 Å². The van der Waals surface area contributed by atoms with Crippen LogP contribution in [0.4, 0.5) is 13.2 Å². The third kappa shape index (κ3) is 4.67. The number of rotatable bonds is 7. The van der Waals surface area contributed by atoms with Crippen LogP contribution in [0.2, 0.25) is 0 Å². The average molecular weight is 509 g/mol. The Bertz CT molecular complexity index is 1590. The molecule has 5 aromatic rings. The molecule has 5 rings (SSSR count). The van der Waals surface area contributed by atoms with E-state index in [1.807, 2.05) is 24.4 Å². The van der Waals surface area contributed by atoms with E-state index in [9.17, 15) is 18.0 Å². The molecule has 0 unspecified atom stereocenters. The predicted molar refractivity (Wildman–Crippen MR) is 131 cm³/mol. The van der Waals surface area contributed by atoms with Gasteiger partial charge in [0.25, 0.3) is 5.91 Å². The molecule has 0 aliphatic rings. The molecule has 8 nitrogen and oxygen atoms in total. The number of hydrogen-bond donors (Lipinski definition) is 2. The third-order valence-electron chi connectivity index (χ3n) is 6.05. The zero-order valence-electron chi connectivity index (χ0n) is 19.9. The summed E-state index contributed by atoms with van der Waals surface area (Å²) in [7, 11) is 3.08. The number of nitrogens with one attached hydrogen (secondary N) is 2. The van der Waals surface area contributed by atoms with Crippen molar-refractivity contribution in [2.24, 2.45) is 0 Å². The number of fused-ring (bicyclic) bond motifs is 2. The number of ether oxygens (including phenoxy) is 2. The van der Waals surface area contributed by atoms with Crippen molar-refractivity contribution in [3.8, 4) is 22.8 Å². The van der Waals surface area contributed by atoms with Gasteiger partial charge in [0.1, 0.15) is 17.1 Å². The molecule has 1 amide bonds. The molecule has 0 saturated carbocycles. The lowest BCUT2D eigenvalue weighted by Crippen LogP contribution is -2.26. The van der Waals surface area contributed by atoms with E-state index in [-0.39, 0.29) is 23.4 Å². The van der Waals surface area contributed by atoms with Crippen molar-refractivity contribution in [1.82, 2.24) is 24.9 Å². The van der Waals surface area contributed by atoms with Gasteiger partial charge in [0.05, 0.1) is 26.1 Å². The quantitative estimate of drug-likeness (QED) is 0.326. The highest BCUT2D eigenvalue weighted by Crippen LogP contribution is 2.33. The fraction of sp³-hybridized carbons (Fsp3) is 0.192. The Balaban J connectivity index is 1.42. The van der Waals surface area contributed by atoms with Crippen LogP contribution in [0.5, 0.6) is 11.5 Å². The lowest BCUT2D eigenvalue weighted by atomic mass is 10.1. The van der Waals surface area contributed by atoms with E-state index in [4.69, 9.17) is 9.47 Å². The molecule has 2 aromatic carbocycles. The van der Waals surface area contributed by atoms with Crippen LogP contribution in [0.3, 0.4) is 0 Å². The number of alkyl halides is 3. The normalized spacial score (nSPS) is 11.7. The number of carbonyl (C=O) groups is 1. The van der Waals surface area contributed by atoms with Gasteiger partial charge >= 0.3 is 6.18 Å². The van der Waals surface area contributed by atoms with Crippen LogP contribution < -0.4 is 14.8 Å². The van der Waals surface area contributed by atoms with Gasteiger partial charge in [-0.3, -0.25) is 4.79 Å². The van der Waals surface area contributed by atoms with Crippen molar-refractivity contribution >= 4 is 22.5 Å². The molecular formula is C26H22F3N5O3. The largest absolute Gasteiger partial charge is 0.497 e. The molecule has 37 heavy (non-hydrogen) atoms. The fourth-order valence-corrected chi connectivity index (χ4v) is 4.13. The van der Waals surface area contributed by atoms with Crippen LogP contribution in [0.15, 0.2) is 60.9 Å². The minimum atomic E-state index is -4.71. The van der Waals surface area contributed by atoms with Gasteiger partial charge in [-0.05, 0) is 60.5 Å². The molecule has 3 aromatic heterocycles. The number of aromatic amines is 1. The number of aromatic nitrogens is 4. The number of benzene rings is 2. The molecule has 0 radical (unpaired) electrons. The summed E-state index contributed by atoms with van der Waals surface area (Å²) in [6.07, 6.45) is -1.26. The molecule has 0 aliphatic heterocycles. The minimum Gasteiger partial charge on any atom is -0.497 e. The van der Waals surface area contributed by atoms with Gasteiger partial charge in [-0.2, -0.15) is 18.3 Å². The van der Waals surface area contributed by atoms with Gasteiger partial charge in [0, 0.05) is 29.2 Å². The highest BCUT2D eigenvalue weighted by Gasteiger charge is 2.36. The monoisotopic (exact) mass is 509 g/mol. The standard InChI is InChI=1S/C26H22F3N5O3/c1-36-17-5-3-15(4-6-17)22-12-23(26(27,28)29)34-24(33-22)20(14-32-34)25(35)30-10-9-16-13-31-21-8-7-18(37-2)11-19(16)21/h3-8,11-14,31H,9-10H2,1-2H3,(H,30,35). The maximum Gasteiger partial charge on any atom is 0.433 e. The summed E-state index contributed by atoms with van der Waals surface area (Å²) in [5, 5.41) is 7.55.